The third-order valence-corrected chi connectivity index (χ3v) is 2.34. The first-order valence-electron chi connectivity index (χ1n) is 4.27. The van der Waals surface area contributed by atoms with Crippen molar-refractivity contribution in [2.75, 3.05) is 6.54 Å². The Bertz CT molecular complexity index is 288. The molecule has 2 N–H and O–H groups in total. The highest BCUT2D eigenvalue weighted by atomic mass is 35.5. The maximum Gasteiger partial charge on any atom is 0.116 e. The van der Waals surface area contributed by atoms with Gasteiger partial charge in [0.2, 0.25) is 0 Å². The standard InChI is InChI=1S/C10H14ClNO/c1-3-12(2)7-8-6-9(13)4-5-10(8)11/h4-6,12-13H,2-3,7H2,1H3. The highest BCUT2D eigenvalue weighted by Gasteiger charge is 2.03. The summed E-state index contributed by atoms with van der Waals surface area (Å²) in [7, 11) is 3.90. The zero-order valence-corrected chi connectivity index (χ0v) is 8.43. The van der Waals surface area contributed by atoms with Gasteiger partial charge in [-0.3, -0.25) is 0 Å². The van der Waals surface area contributed by atoms with Gasteiger partial charge < -0.3 is 10.0 Å². The number of nitrogens with one attached hydrogen (secondary N) is 1. The number of rotatable bonds is 3. The Morgan fingerprint density at radius 2 is 2.23 bits per heavy atom. The molecule has 1 aromatic rings. The van der Waals surface area contributed by atoms with Crippen LogP contribution in [0.2, 0.25) is 5.02 Å². The van der Waals surface area contributed by atoms with Gasteiger partial charge in [-0.05, 0) is 25.1 Å². The molecule has 1 rings (SSSR count). The molecular formula is C10H14ClNO. The maximum atomic E-state index is 9.23. The second-order valence-electron chi connectivity index (χ2n) is 3.06. The first-order valence-corrected chi connectivity index (χ1v) is 4.65. The third-order valence-electron chi connectivity index (χ3n) is 1.97. The molecule has 3 heteroatoms. The van der Waals surface area contributed by atoms with Gasteiger partial charge in [0.15, 0.2) is 0 Å². The number of hydrogen-bond acceptors (Lipinski definition) is 1. The molecule has 1 unspecified atom stereocenters. The molecule has 13 heavy (non-hydrogen) atoms. The number of phenols is 1. The molecule has 1 aromatic carbocycles. The van der Waals surface area contributed by atoms with Crippen LogP contribution in [-0.4, -0.2) is 11.7 Å². The van der Waals surface area contributed by atoms with Crippen LogP contribution >= 0.6 is 11.6 Å². The molecule has 2 nitrogen and oxygen atoms in total. The van der Waals surface area contributed by atoms with E-state index in [4.69, 9.17) is 11.6 Å². The smallest absolute Gasteiger partial charge is 0.116 e. The predicted molar refractivity (Wildman–Crippen MR) is 53.7 cm³/mol. The van der Waals surface area contributed by atoms with Crippen molar-refractivity contribution >= 4 is 11.6 Å². The Labute approximate surface area is 83.7 Å². The lowest BCUT2D eigenvalue weighted by Gasteiger charge is -2.19. The fourth-order valence-corrected chi connectivity index (χ4v) is 1.28. The molecule has 0 bridgehead atoms. The normalized spacial score (nSPS) is 12.8. The van der Waals surface area contributed by atoms with Gasteiger partial charge >= 0.3 is 0 Å². The van der Waals surface area contributed by atoms with Crippen LogP contribution in [0, 0.1) is 7.05 Å². The number of hydrogen-bond donors (Lipinski definition) is 2. The Balaban J connectivity index is 2.81. The SMILES string of the molecule is [CH2-][NH+](CC)Cc1cc(O)ccc1Cl. The van der Waals surface area contributed by atoms with Crippen molar-refractivity contribution < 1.29 is 10.0 Å². The van der Waals surface area contributed by atoms with Gasteiger partial charge in [-0.2, -0.15) is 7.05 Å². The van der Waals surface area contributed by atoms with E-state index in [1.54, 1.807) is 18.2 Å². The van der Waals surface area contributed by atoms with Gasteiger partial charge in [0, 0.05) is 10.6 Å². The second-order valence-corrected chi connectivity index (χ2v) is 3.46. The monoisotopic (exact) mass is 199 g/mol. The predicted octanol–water partition coefficient (Wildman–Crippen LogP) is 1.24. The molecule has 0 spiro atoms. The summed E-state index contributed by atoms with van der Waals surface area (Å²) in [6.45, 7) is 3.73. The molecular weight excluding hydrogens is 186 g/mol. The van der Waals surface area contributed by atoms with Crippen molar-refractivity contribution in [1.82, 2.24) is 0 Å². The number of halogens is 1. The third kappa shape index (κ3) is 2.90. The van der Waals surface area contributed by atoms with E-state index >= 15 is 0 Å². The van der Waals surface area contributed by atoms with Gasteiger partial charge in [-0.1, -0.05) is 11.6 Å². The Kier molecular flexibility index (Phi) is 3.58. The van der Waals surface area contributed by atoms with E-state index in [9.17, 15) is 5.11 Å². The summed E-state index contributed by atoms with van der Waals surface area (Å²) in [6, 6.07) is 4.97. The summed E-state index contributed by atoms with van der Waals surface area (Å²) in [4.78, 5) is 1.12. The summed E-state index contributed by atoms with van der Waals surface area (Å²) >= 11 is 5.95. The highest BCUT2D eigenvalue weighted by molar-refractivity contribution is 6.31. The summed E-state index contributed by atoms with van der Waals surface area (Å²) in [5.41, 5.74) is 0.938. The minimum Gasteiger partial charge on any atom is -0.508 e. The molecule has 0 radical (unpaired) electrons. The molecule has 0 aromatic heterocycles. The fourth-order valence-electron chi connectivity index (χ4n) is 1.09. The van der Waals surface area contributed by atoms with E-state index in [2.05, 4.69) is 14.0 Å². The van der Waals surface area contributed by atoms with Crippen molar-refractivity contribution in [3.63, 3.8) is 0 Å². The van der Waals surface area contributed by atoms with Crippen LogP contribution in [0.4, 0.5) is 0 Å². The Morgan fingerprint density at radius 3 is 2.85 bits per heavy atom. The maximum absolute atomic E-state index is 9.23. The summed E-state index contributed by atoms with van der Waals surface area (Å²) < 4.78 is 0. The van der Waals surface area contributed by atoms with E-state index in [0.29, 0.717) is 5.02 Å². The van der Waals surface area contributed by atoms with Crippen LogP contribution in [0.5, 0.6) is 5.75 Å². The first-order chi connectivity index (χ1) is 6.13. The second kappa shape index (κ2) is 4.49. The molecule has 0 amide bonds. The lowest BCUT2D eigenvalue weighted by molar-refractivity contribution is -0.866. The quantitative estimate of drug-likeness (QED) is 0.704. The van der Waals surface area contributed by atoms with Crippen molar-refractivity contribution in [2.24, 2.45) is 0 Å². The minimum atomic E-state index is 0.253. The summed E-state index contributed by atoms with van der Waals surface area (Å²) in [6.07, 6.45) is 0. The minimum absolute atomic E-state index is 0.253. The molecule has 0 heterocycles. The lowest BCUT2D eigenvalue weighted by Crippen LogP contribution is -3.05. The number of aromatic hydroxyl groups is 1. The van der Waals surface area contributed by atoms with Gasteiger partial charge in [0.1, 0.15) is 5.75 Å². The van der Waals surface area contributed by atoms with Gasteiger partial charge in [0.05, 0.1) is 13.1 Å². The van der Waals surface area contributed by atoms with Gasteiger partial charge in [-0.25, -0.2) is 0 Å². The summed E-state index contributed by atoms with van der Waals surface area (Å²) in [5.74, 6) is 0.253. The number of phenolic OH excluding ortho intramolecular Hbond substituents is 1. The average Bonchev–Trinajstić information content (AvgIpc) is 2.11. The molecule has 0 fully saturated rings. The van der Waals surface area contributed by atoms with Crippen LogP contribution in [0.1, 0.15) is 12.5 Å². The first kappa shape index (κ1) is 10.4. The van der Waals surface area contributed by atoms with E-state index in [1.807, 2.05) is 0 Å². The molecule has 72 valence electrons. The van der Waals surface area contributed by atoms with Gasteiger partial charge in [-0.15, -0.1) is 0 Å². The van der Waals surface area contributed by atoms with Crippen molar-refractivity contribution in [3.8, 4) is 5.75 Å². The van der Waals surface area contributed by atoms with Crippen molar-refractivity contribution in [1.29, 1.82) is 0 Å². The van der Waals surface area contributed by atoms with Crippen LogP contribution in [0.15, 0.2) is 18.2 Å². The van der Waals surface area contributed by atoms with Gasteiger partial charge in [0.25, 0.3) is 0 Å². The van der Waals surface area contributed by atoms with E-state index in [1.165, 1.54) is 0 Å². The molecule has 0 aliphatic carbocycles. The molecule has 0 aliphatic rings. The van der Waals surface area contributed by atoms with E-state index in [0.717, 1.165) is 23.6 Å². The fraction of sp³-hybridized carbons (Fsp3) is 0.300. The zero-order valence-electron chi connectivity index (χ0n) is 7.68. The highest BCUT2D eigenvalue weighted by Crippen LogP contribution is 2.20. The zero-order chi connectivity index (χ0) is 9.84. The van der Waals surface area contributed by atoms with E-state index < -0.39 is 0 Å². The Morgan fingerprint density at radius 1 is 1.54 bits per heavy atom. The summed E-state index contributed by atoms with van der Waals surface area (Å²) in [5, 5.41) is 9.92. The largest absolute Gasteiger partial charge is 0.508 e. The van der Waals surface area contributed by atoms with Crippen LogP contribution in [0.25, 0.3) is 0 Å². The topological polar surface area (TPSA) is 24.7 Å². The van der Waals surface area contributed by atoms with Crippen molar-refractivity contribution in [3.05, 3.63) is 35.8 Å². The molecule has 0 saturated carbocycles. The average molecular weight is 200 g/mol. The molecule has 0 aliphatic heterocycles. The lowest BCUT2D eigenvalue weighted by atomic mass is 10.2. The number of benzene rings is 1. The number of quaternary nitrogens is 1. The van der Waals surface area contributed by atoms with E-state index in [-0.39, 0.29) is 5.75 Å². The van der Waals surface area contributed by atoms with Crippen LogP contribution in [0.3, 0.4) is 0 Å². The van der Waals surface area contributed by atoms with Crippen LogP contribution < -0.4 is 4.90 Å². The molecule has 1 atom stereocenters. The Hall–Kier alpha value is -0.730. The van der Waals surface area contributed by atoms with Crippen LogP contribution in [-0.2, 0) is 6.54 Å². The van der Waals surface area contributed by atoms with Crippen molar-refractivity contribution in [2.45, 2.75) is 13.5 Å². The molecule has 0 saturated heterocycles.